The van der Waals surface area contributed by atoms with Gasteiger partial charge in [-0.05, 0) is 12.8 Å². The number of hydrogen-bond donors (Lipinski definition) is 1. The van der Waals surface area contributed by atoms with E-state index in [2.05, 4.69) is 0 Å². The van der Waals surface area contributed by atoms with E-state index in [9.17, 15) is 4.79 Å². The second-order valence-electron chi connectivity index (χ2n) is 2.03. The van der Waals surface area contributed by atoms with Crippen molar-refractivity contribution >= 4 is 24.9 Å². The Labute approximate surface area is 66.8 Å². The van der Waals surface area contributed by atoms with E-state index in [4.69, 9.17) is 5.73 Å². The van der Waals surface area contributed by atoms with Crippen LogP contribution < -0.4 is 5.73 Å². The van der Waals surface area contributed by atoms with Crippen LogP contribution in [-0.4, -0.2) is 42.9 Å². The van der Waals surface area contributed by atoms with Crippen LogP contribution in [0.5, 0.6) is 0 Å². The van der Waals surface area contributed by atoms with Gasteiger partial charge in [-0.25, -0.2) is 4.79 Å². The normalized spacial score (nSPS) is 17.1. The predicted molar refractivity (Wildman–Crippen MR) is 36.1 cm³/mol. The fourth-order valence-corrected chi connectivity index (χ4v) is 0.938. The van der Waals surface area contributed by atoms with Crippen molar-refractivity contribution in [2.24, 2.45) is 5.73 Å². The Hall–Kier alpha value is -0.133. The number of likely N-dealkylation sites (tertiary alicyclic amines) is 1. The fraction of sp³-hybridized carbons (Fsp3) is 0.800. The molecule has 1 saturated heterocycles. The number of rotatable bonds is 0. The van der Waals surface area contributed by atoms with Crippen LogP contribution in [-0.2, 0) is 0 Å². The van der Waals surface area contributed by atoms with E-state index in [0.29, 0.717) is 0 Å². The summed E-state index contributed by atoms with van der Waals surface area (Å²) in [6.45, 7) is 1.71. The maximum atomic E-state index is 10.3. The minimum Gasteiger partial charge on any atom is -0.351 e. The Kier molecular flexibility index (Phi) is 3.75. The summed E-state index contributed by atoms with van der Waals surface area (Å²) in [6, 6.07) is -0.275. The molecule has 1 heterocycles. The summed E-state index contributed by atoms with van der Waals surface area (Å²) in [5, 5.41) is 0. The van der Waals surface area contributed by atoms with Gasteiger partial charge in [0, 0.05) is 32.0 Å². The molecular weight excluding hydrogens is 111 g/mol. The van der Waals surface area contributed by atoms with Crippen molar-refractivity contribution in [2.75, 3.05) is 13.1 Å². The first kappa shape index (κ1) is 8.87. The summed E-state index contributed by atoms with van der Waals surface area (Å²) in [5.41, 5.74) is 4.98. The molecule has 0 unspecified atom stereocenters. The monoisotopic (exact) mass is 121 g/mol. The molecule has 0 aromatic heterocycles. The van der Waals surface area contributed by atoms with Gasteiger partial charge in [-0.3, -0.25) is 0 Å². The van der Waals surface area contributed by atoms with E-state index in [1.54, 1.807) is 4.90 Å². The number of nitrogens with two attached hydrogens (primary N) is 1. The van der Waals surface area contributed by atoms with Crippen molar-refractivity contribution in [1.82, 2.24) is 4.90 Å². The number of primary amides is 1. The average Bonchev–Trinajstić information content (AvgIpc) is 2.12. The summed E-state index contributed by atoms with van der Waals surface area (Å²) < 4.78 is 0. The molecule has 0 aromatic carbocycles. The largest absolute Gasteiger partial charge is 0.351 e. The van der Waals surface area contributed by atoms with Crippen LogP contribution in [0.2, 0.25) is 0 Å². The molecule has 1 fully saturated rings. The van der Waals surface area contributed by atoms with Crippen LogP contribution in [0.25, 0.3) is 0 Å². The van der Waals surface area contributed by atoms with Crippen LogP contribution in [0.3, 0.4) is 0 Å². The summed E-state index contributed by atoms with van der Waals surface area (Å²) in [4.78, 5) is 12.0. The third-order valence-electron chi connectivity index (χ3n) is 1.42. The summed E-state index contributed by atoms with van der Waals surface area (Å²) >= 11 is 0. The van der Waals surface area contributed by atoms with Crippen molar-refractivity contribution in [1.29, 1.82) is 0 Å². The van der Waals surface area contributed by atoms with Crippen LogP contribution >= 0.6 is 0 Å². The molecule has 0 bridgehead atoms. The minimum atomic E-state index is -0.275. The number of carbonyl (C=O) groups is 1. The molecule has 4 heteroatoms. The van der Waals surface area contributed by atoms with Gasteiger partial charge < -0.3 is 10.6 Å². The van der Waals surface area contributed by atoms with Gasteiger partial charge in [0.15, 0.2) is 0 Å². The van der Waals surface area contributed by atoms with Gasteiger partial charge in [-0.2, -0.15) is 0 Å². The first-order valence-corrected chi connectivity index (χ1v) is 2.85. The molecule has 1 radical (unpaired) electrons. The van der Waals surface area contributed by atoms with Crippen molar-refractivity contribution < 1.29 is 4.79 Å². The van der Waals surface area contributed by atoms with E-state index >= 15 is 0 Å². The Bertz CT molecular complexity index is 101. The zero-order chi connectivity index (χ0) is 5.98. The van der Waals surface area contributed by atoms with Crippen LogP contribution in [0.4, 0.5) is 4.79 Å². The third kappa shape index (κ3) is 2.29. The first-order chi connectivity index (χ1) is 3.80. The van der Waals surface area contributed by atoms with Gasteiger partial charge in [-0.15, -0.1) is 0 Å². The third-order valence-corrected chi connectivity index (χ3v) is 1.42. The van der Waals surface area contributed by atoms with E-state index in [-0.39, 0.29) is 24.9 Å². The van der Waals surface area contributed by atoms with Gasteiger partial charge in [0.1, 0.15) is 0 Å². The molecule has 3 nitrogen and oxygen atoms in total. The number of hydrogen-bond acceptors (Lipinski definition) is 1. The number of carbonyl (C=O) groups excluding carboxylic acids is 1. The zero-order valence-electron chi connectivity index (χ0n) is 5.76. The molecule has 2 N–H and O–H groups in total. The van der Waals surface area contributed by atoms with Crippen molar-refractivity contribution in [3.05, 3.63) is 0 Å². The molecular formula is C5H10LiN2O. The second kappa shape index (κ2) is 3.81. The molecule has 1 rings (SSSR count). The standard InChI is InChI=1S/C5H10N2O.Li/c6-5(8)7-3-1-2-4-7;/h1-4H2,(H2,6,8);. The second-order valence-corrected chi connectivity index (χ2v) is 2.03. The van der Waals surface area contributed by atoms with Crippen molar-refractivity contribution in [3.63, 3.8) is 0 Å². The number of nitrogens with zero attached hydrogens (tertiary/aromatic N) is 1. The van der Waals surface area contributed by atoms with Crippen molar-refractivity contribution in [2.45, 2.75) is 12.8 Å². The van der Waals surface area contributed by atoms with Crippen LogP contribution in [0.1, 0.15) is 12.8 Å². The van der Waals surface area contributed by atoms with Gasteiger partial charge in [0.2, 0.25) is 0 Å². The summed E-state index contributed by atoms with van der Waals surface area (Å²) in [6.07, 6.45) is 2.23. The van der Waals surface area contributed by atoms with Gasteiger partial charge in [0.05, 0.1) is 0 Å². The van der Waals surface area contributed by atoms with Gasteiger partial charge in [-0.1, -0.05) is 0 Å². The minimum absolute atomic E-state index is 0. The maximum Gasteiger partial charge on any atom is 0.314 e. The number of amides is 2. The Morgan fingerprint density at radius 1 is 1.33 bits per heavy atom. The molecule has 1 aliphatic rings. The first-order valence-electron chi connectivity index (χ1n) is 2.85. The Morgan fingerprint density at radius 2 is 1.78 bits per heavy atom. The molecule has 0 saturated carbocycles. The molecule has 0 aromatic rings. The zero-order valence-corrected chi connectivity index (χ0v) is 5.76. The summed E-state index contributed by atoms with van der Waals surface area (Å²) in [7, 11) is 0. The fourth-order valence-electron chi connectivity index (χ4n) is 0.938. The van der Waals surface area contributed by atoms with Gasteiger partial charge >= 0.3 is 6.03 Å². The van der Waals surface area contributed by atoms with E-state index in [0.717, 1.165) is 25.9 Å². The molecule has 9 heavy (non-hydrogen) atoms. The molecule has 2 amide bonds. The van der Waals surface area contributed by atoms with E-state index in [1.807, 2.05) is 0 Å². The van der Waals surface area contributed by atoms with E-state index in [1.165, 1.54) is 0 Å². The van der Waals surface area contributed by atoms with Crippen LogP contribution in [0.15, 0.2) is 0 Å². The molecule has 0 spiro atoms. The maximum absolute atomic E-state index is 10.3. The van der Waals surface area contributed by atoms with E-state index < -0.39 is 0 Å². The van der Waals surface area contributed by atoms with Crippen LogP contribution in [0, 0.1) is 0 Å². The molecule has 47 valence electrons. The van der Waals surface area contributed by atoms with Gasteiger partial charge in [0.25, 0.3) is 0 Å². The smallest absolute Gasteiger partial charge is 0.314 e. The van der Waals surface area contributed by atoms with Crippen molar-refractivity contribution in [3.8, 4) is 0 Å². The Balaban J connectivity index is 0.000000640. The molecule has 0 aliphatic carbocycles. The number of urea groups is 1. The SMILES string of the molecule is NC(=O)N1CCCC1.[Li]. The topological polar surface area (TPSA) is 46.3 Å². The molecule has 0 atom stereocenters. The average molecular weight is 121 g/mol. The predicted octanol–water partition coefficient (Wildman–Crippen LogP) is -0.220. The summed E-state index contributed by atoms with van der Waals surface area (Å²) in [5.74, 6) is 0. The Morgan fingerprint density at radius 3 is 2.00 bits per heavy atom. The quantitative estimate of drug-likeness (QED) is 0.442. The molecule has 1 aliphatic heterocycles.